The molecule has 0 aromatic carbocycles. The predicted molar refractivity (Wildman–Crippen MR) is 222 cm³/mol. The molecule has 0 aromatic rings. The third kappa shape index (κ3) is 24.7. The van der Waals surface area contributed by atoms with Gasteiger partial charge in [0.1, 0.15) is 0 Å². The first-order chi connectivity index (χ1) is 21.1. The summed E-state index contributed by atoms with van der Waals surface area (Å²) in [5.41, 5.74) is 1.87. The van der Waals surface area contributed by atoms with E-state index in [0.29, 0.717) is 0 Å². The first-order valence-electron chi connectivity index (χ1n) is 20.2. The molecular weight excluding hydrogens is 597 g/mol. The maximum absolute atomic E-state index is 7.24. The van der Waals surface area contributed by atoms with Crippen LogP contribution >= 0.6 is 0 Å². The van der Waals surface area contributed by atoms with E-state index in [1.165, 1.54) is 38.5 Å². The van der Waals surface area contributed by atoms with Gasteiger partial charge in [0.2, 0.25) is 0 Å². The van der Waals surface area contributed by atoms with Crippen LogP contribution in [0.3, 0.4) is 0 Å². The molecule has 2 heteroatoms. The molecule has 0 rings (SSSR count). The van der Waals surface area contributed by atoms with Gasteiger partial charge in [-0.3, -0.25) is 0 Å². The fraction of sp³-hybridized carbons (Fsp3) is 1.00. The van der Waals surface area contributed by atoms with Gasteiger partial charge in [0.05, 0.1) is 26.4 Å². The Balaban J connectivity index is 6.96. The van der Waals surface area contributed by atoms with Crippen molar-refractivity contribution in [3.05, 3.63) is 0 Å². The average Bonchev–Trinajstić information content (AvgIpc) is 2.62. The molecule has 0 spiro atoms. The molecule has 0 aromatic heterocycles. The van der Waals surface area contributed by atoms with Crippen LogP contribution < -0.4 is 0 Å². The maximum Gasteiger partial charge on any atom is 0.0545 e. The first kappa shape index (κ1) is 48.9. The summed E-state index contributed by atoms with van der Waals surface area (Å²) in [5.74, 6) is 0. The van der Waals surface area contributed by atoms with Crippen molar-refractivity contribution < 1.29 is 9.47 Å². The summed E-state index contributed by atoms with van der Waals surface area (Å²) in [7, 11) is 0. The number of ether oxygens (including phenoxy) is 2. The van der Waals surface area contributed by atoms with Crippen molar-refractivity contribution in [1.29, 1.82) is 0 Å². The summed E-state index contributed by atoms with van der Waals surface area (Å²) in [4.78, 5) is 0. The molecule has 0 radical (unpaired) electrons. The van der Waals surface area contributed by atoms with Gasteiger partial charge in [0.15, 0.2) is 0 Å². The lowest BCUT2D eigenvalue weighted by Crippen LogP contribution is -2.44. The predicted octanol–water partition coefficient (Wildman–Crippen LogP) is 15.5. The lowest BCUT2D eigenvalue weighted by molar-refractivity contribution is -0.112. The van der Waals surface area contributed by atoms with Crippen LogP contribution in [-0.4, -0.2) is 26.4 Å². The number of hydrogen-bond acceptors (Lipinski definition) is 2. The molecule has 49 heavy (non-hydrogen) atoms. The van der Waals surface area contributed by atoms with E-state index in [0.717, 1.165) is 39.3 Å². The zero-order valence-corrected chi connectivity index (χ0v) is 38.8. The highest BCUT2D eigenvalue weighted by Gasteiger charge is 2.45. The molecule has 0 amide bonds. The van der Waals surface area contributed by atoms with Gasteiger partial charge < -0.3 is 9.47 Å². The fourth-order valence-electron chi connectivity index (χ4n) is 11.0. The van der Waals surface area contributed by atoms with Crippen LogP contribution in [0.25, 0.3) is 0 Å². The Morgan fingerprint density at radius 2 is 0.327 bits per heavy atom. The summed E-state index contributed by atoms with van der Waals surface area (Å²) in [6.45, 7) is 61.2. The molecule has 0 fully saturated rings. The Kier molecular flexibility index (Phi) is 16.5. The second kappa shape index (κ2) is 16.5. The Morgan fingerprint density at radius 1 is 0.204 bits per heavy atom. The van der Waals surface area contributed by atoms with Crippen LogP contribution in [0.1, 0.15) is 218 Å². The highest BCUT2D eigenvalue weighted by Crippen LogP contribution is 2.52. The second-order valence-corrected chi connectivity index (χ2v) is 27.4. The Bertz CT molecular complexity index is 780. The van der Waals surface area contributed by atoms with Crippen molar-refractivity contribution in [1.82, 2.24) is 0 Å². The van der Waals surface area contributed by atoms with Gasteiger partial charge in [-0.1, -0.05) is 166 Å². The van der Waals surface area contributed by atoms with E-state index in [1.807, 2.05) is 0 Å². The van der Waals surface area contributed by atoms with Crippen molar-refractivity contribution in [2.75, 3.05) is 26.4 Å². The zero-order valence-electron chi connectivity index (χ0n) is 38.8. The van der Waals surface area contributed by atoms with Crippen molar-refractivity contribution >= 4 is 0 Å². The molecule has 0 aliphatic carbocycles. The lowest BCUT2D eigenvalue weighted by Gasteiger charge is -2.48. The van der Waals surface area contributed by atoms with Crippen LogP contribution in [0.2, 0.25) is 0 Å². The topological polar surface area (TPSA) is 18.5 Å². The van der Waals surface area contributed by atoms with Crippen molar-refractivity contribution in [2.45, 2.75) is 218 Å². The Labute approximate surface area is 312 Å². The maximum atomic E-state index is 7.24. The third-order valence-corrected chi connectivity index (χ3v) is 8.88. The van der Waals surface area contributed by atoms with E-state index in [9.17, 15) is 0 Å². The van der Waals surface area contributed by atoms with Crippen LogP contribution in [0.5, 0.6) is 0 Å². The summed E-state index contributed by atoms with van der Waals surface area (Å²) in [5, 5.41) is 0. The highest BCUT2D eigenvalue weighted by atomic mass is 16.5. The minimum Gasteiger partial charge on any atom is -0.380 e. The number of rotatable bonds is 16. The van der Waals surface area contributed by atoms with Gasteiger partial charge in [0.25, 0.3) is 0 Å². The van der Waals surface area contributed by atoms with Gasteiger partial charge >= 0.3 is 0 Å². The summed E-state index contributed by atoms with van der Waals surface area (Å²) >= 11 is 0. The molecule has 296 valence electrons. The van der Waals surface area contributed by atoms with E-state index in [1.54, 1.807) is 0 Å². The van der Waals surface area contributed by atoms with Gasteiger partial charge in [0, 0.05) is 5.41 Å². The molecule has 0 unspecified atom stereocenters. The largest absolute Gasteiger partial charge is 0.380 e. The van der Waals surface area contributed by atoms with Gasteiger partial charge in [-0.05, 0) is 106 Å². The minimum absolute atomic E-state index is 0.0651. The minimum atomic E-state index is -0.0651. The summed E-state index contributed by atoms with van der Waals surface area (Å²) in [6, 6.07) is 0. The molecule has 0 saturated heterocycles. The van der Waals surface area contributed by atoms with E-state index in [2.05, 4.69) is 166 Å². The molecule has 0 saturated carbocycles. The average molecular weight is 693 g/mol. The summed E-state index contributed by atoms with van der Waals surface area (Å²) < 4.78 is 14.5. The van der Waals surface area contributed by atoms with E-state index in [4.69, 9.17) is 9.47 Å². The summed E-state index contributed by atoms with van der Waals surface area (Å²) in [6.07, 6.45) is 9.21. The van der Waals surface area contributed by atoms with Crippen LogP contribution in [0.4, 0.5) is 0 Å². The second-order valence-electron chi connectivity index (χ2n) is 27.4. The quantitative estimate of drug-likeness (QED) is 0.160. The molecule has 0 aliphatic rings. The van der Waals surface area contributed by atoms with E-state index in [-0.39, 0.29) is 59.6 Å². The molecule has 0 atom stereocenters. The van der Waals surface area contributed by atoms with Gasteiger partial charge in [-0.25, -0.2) is 0 Å². The van der Waals surface area contributed by atoms with Crippen LogP contribution in [0, 0.1) is 59.6 Å². The van der Waals surface area contributed by atoms with Gasteiger partial charge in [-0.2, -0.15) is 0 Å². The molecule has 0 bridgehead atoms. The van der Waals surface area contributed by atoms with Crippen molar-refractivity contribution in [2.24, 2.45) is 59.6 Å². The molecular formula is C47H96O2. The smallest absolute Gasteiger partial charge is 0.0545 e. The molecule has 0 heterocycles. The van der Waals surface area contributed by atoms with Crippen molar-refractivity contribution in [3.63, 3.8) is 0 Å². The highest BCUT2D eigenvalue weighted by molar-refractivity contribution is 4.95. The SMILES string of the molecule is CC(C)(C)CC(COCC(CC(C)(C)C)(CC(C)(C)C)CC(C)(C)C)(COCC(CC(C)(C)C)(CC(C)(C)C)CC(C)(C)C)CC(C)(C)C. The lowest BCUT2D eigenvalue weighted by atomic mass is 9.61. The van der Waals surface area contributed by atoms with E-state index >= 15 is 0 Å². The number of hydrogen-bond donors (Lipinski definition) is 0. The van der Waals surface area contributed by atoms with Crippen LogP contribution in [0.15, 0.2) is 0 Å². The van der Waals surface area contributed by atoms with E-state index < -0.39 is 0 Å². The molecule has 0 aliphatic heterocycles. The Morgan fingerprint density at radius 3 is 0.469 bits per heavy atom. The first-order valence-corrected chi connectivity index (χ1v) is 20.2. The fourth-order valence-corrected chi connectivity index (χ4v) is 11.0. The standard InChI is InChI=1S/C47H96O2/c1-37(2,3)25-45(26-38(4,5)6,27-39(7,8)9)33-48-35-47(31-43(19,20)21,32-44(22,23)24)36-49-34-46(28-40(10,11)12,29-41(13,14)15)30-42(16,17)18/h25-36H2,1-24H3. The van der Waals surface area contributed by atoms with Crippen molar-refractivity contribution in [3.8, 4) is 0 Å². The van der Waals surface area contributed by atoms with Gasteiger partial charge in [-0.15, -0.1) is 0 Å². The Hall–Kier alpha value is -0.0800. The third-order valence-electron chi connectivity index (χ3n) is 8.88. The molecule has 0 N–H and O–H groups in total. The normalized spacial score (nSPS) is 15.7. The van der Waals surface area contributed by atoms with Crippen LogP contribution in [-0.2, 0) is 9.47 Å². The zero-order chi connectivity index (χ0) is 39.4. The molecule has 2 nitrogen and oxygen atoms in total. The monoisotopic (exact) mass is 693 g/mol.